The number of halogens is 1. The van der Waals surface area contributed by atoms with Crippen molar-refractivity contribution in [3.8, 4) is 0 Å². The van der Waals surface area contributed by atoms with Gasteiger partial charge in [-0.25, -0.2) is 4.39 Å². The molecule has 1 N–H and O–H groups in total. The molecule has 0 spiro atoms. The summed E-state index contributed by atoms with van der Waals surface area (Å²) in [6.07, 6.45) is 0.182. The molecule has 0 atom stereocenters. The Morgan fingerprint density at radius 3 is 2.18 bits per heavy atom. The number of benzene rings is 2. The van der Waals surface area contributed by atoms with Crippen LogP contribution in [0.2, 0.25) is 0 Å². The number of carbonyl (C=O) groups excluding carboxylic acids is 4. The molecule has 0 saturated carbocycles. The number of amides is 3. The van der Waals surface area contributed by atoms with Gasteiger partial charge in [0.15, 0.2) is 6.61 Å². The minimum Gasteiger partial charge on any atom is -0.456 e. The lowest BCUT2D eigenvalue weighted by Crippen LogP contribution is -2.31. The van der Waals surface area contributed by atoms with E-state index < -0.39 is 24.3 Å². The van der Waals surface area contributed by atoms with Crippen molar-refractivity contribution in [3.05, 3.63) is 65.5 Å². The molecule has 28 heavy (non-hydrogen) atoms. The van der Waals surface area contributed by atoms with E-state index in [-0.39, 0.29) is 31.2 Å². The van der Waals surface area contributed by atoms with E-state index in [1.807, 2.05) is 0 Å². The number of hydrogen-bond donors (Lipinski definition) is 1. The first kappa shape index (κ1) is 19.2. The Balaban J connectivity index is 1.39. The predicted octanol–water partition coefficient (Wildman–Crippen LogP) is 2.38. The topological polar surface area (TPSA) is 92.8 Å². The Bertz CT molecular complexity index is 891. The smallest absolute Gasteiger partial charge is 0.306 e. The van der Waals surface area contributed by atoms with Gasteiger partial charge in [0.1, 0.15) is 5.82 Å². The number of rotatable bonds is 7. The molecule has 1 heterocycles. The van der Waals surface area contributed by atoms with Gasteiger partial charge in [-0.1, -0.05) is 12.1 Å². The molecule has 0 aromatic heterocycles. The SMILES string of the molecule is O=C(COC(=O)CCCN1C(=O)c2ccccc2C1=O)Nc1ccc(F)cc1. The van der Waals surface area contributed by atoms with Crippen LogP contribution in [-0.4, -0.2) is 41.7 Å². The van der Waals surface area contributed by atoms with E-state index in [9.17, 15) is 23.6 Å². The first-order chi connectivity index (χ1) is 13.5. The summed E-state index contributed by atoms with van der Waals surface area (Å²) in [6, 6.07) is 11.7. The van der Waals surface area contributed by atoms with Crippen molar-refractivity contribution < 1.29 is 28.3 Å². The van der Waals surface area contributed by atoms with Crippen LogP contribution < -0.4 is 5.32 Å². The van der Waals surface area contributed by atoms with Gasteiger partial charge in [0.05, 0.1) is 11.1 Å². The van der Waals surface area contributed by atoms with Crippen LogP contribution in [0.1, 0.15) is 33.6 Å². The molecule has 2 aromatic rings. The predicted molar refractivity (Wildman–Crippen MR) is 97.0 cm³/mol. The van der Waals surface area contributed by atoms with Crippen LogP contribution >= 0.6 is 0 Å². The summed E-state index contributed by atoms with van der Waals surface area (Å²) < 4.78 is 17.7. The van der Waals surface area contributed by atoms with Crippen molar-refractivity contribution in [2.45, 2.75) is 12.8 Å². The zero-order valence-corrected chi connectivity index (χ0v) is 14.8. The number of imide groups is 1. The van der Waals surface area contributed by atoms with E-state index in [1.54, 1.807) is 24.3 Å². The standard InChI is InChI=1S/C20H17FN2O5/c21-13-7-9-14(10-8-13)22-17(24)12-28-18(25)6-3-11-23-19(26)15-4-1-2-5-16(15)20(23)27/h1-2,4-5,7-10H,3,6,11-12H2,(H,22,24). The molecule has 1 aliphatic heterocycles. The molecule has 3 rings (SSSR count). The lowest BCUT2D eigenvalue weighted by Gasteiger charge is -2.13. The molecule has 0 fully saturated rings. The second kappa shape index (κ2) is 8.43. The molecule has 0 aliphatic carbocycles. The average molecular weight is 384 g/mol. The Morgan fingerprint density at radius 2 is 1.57 bits per heavy atom. The molecular weight excluding hydrogens is 367 g/mol. The molecule has 0 bridgehead atoms. The molecule has 0 unspecified atom stereocenters. The number of nitrogens with one attached hydrogen (secondary N) is 1. The van der Waals surface area contributed by atoms with Crippen molar-refractivity contribution in [1.29, 1.82) is 0 Å². The van der Waals surface area contributed by atoms with Crippen LogP contribution in [0.4, 0.5) is 10.1 Å². The zero-order valence-electron chi connectivity index (χ0n) is 14.8. The van der Waals surface area contributed by atoms with Crippen LogP contribution in [0.15, 0.2) is 48.5 Å². The Labute approximate surface area is 160 Å². The fourth-order valence-electron chi connectivity index (χ4n) is 2.77. The summed E-state index contributed by atoms with van der Waals surface area (Å²) in [5.74, 6) is -2.37. The molecule has 3 amide bonds. The van der Waals surface area contributed by atoms with Crippen LogP contribution in [0.5, 0.6) is 0 Å². The second-order valence-electron chi connectivity index (χ2n) is 6.13. The van der Waals surface area contributed by atoms with Crippen molar-refractivity contribution in [2.75, 3.05) is 18.5 Å². The maximum Gasteiger partial charge on any atom is 0.306 e. The van der Waals surface area contributed by atoms with Crippen LogP contribution in [0.25, 0.3) is 0 Å². The van der Waals surface area contributed by atoms with E-state index in [0.717, 1.165) is 4.90 Å². The highest BCUT2D eigenvalue weighted by Crippen LogP contribution is 2.22. The maximum atomic E-state index is 12.8. The molecule has 0 radical (unpaired) electrons. The van der Waals surface area contributed by atoms with Gasteiger partial charge < -0.3 is 10.1 Å². The number of anilines is 1. The van der Waals surface area contributed by atoms with Gasteiger partial charge in [-0.15, -0.1) is 0 Å². The minimum atomic E-state index is -0.620. The van der Waals surface area contributed by atoms with Gasteiger partial charge in [-0.3, -0.25) is 24.1 Å². The van der Waals surface area contributed by atoms with Crippen molar-refractivity contribution in [3.63, 3.8) is 0 Å². The normalized spacial score (nSPS) is 12.7. The van der Waals surface area contributed by atoms with E-state index in [1.165, 1.54) is 24.3 Å². The Hall–Kier alpha value is -3.55. The van der Waals surface area contributed by atoms with Crippen molar-refractivity contribution in [1.82, 2.24) is 4.90 Å². The van der Waals surface area contributed by atoms with Gasteiger partial charge >= 0.3 is 5.97 Å². The van der Waals surface area contributed by atoms with E-state index in [0.29, 0.717) is 16.8 Å². The Morgan fingerprint density at radius 1 is 0.964 bits per heavy atom. The molecule has 0 saturated heterocycles. The molecule has 7 nitrogen and oxygen atoms in total. The monoisotopic (exact) mass is 384 g/mol. The zero-order chi connectivity index (χ0) is 20.1. The lowest BCUT2D eigenvalue weighted by molar-refractivity contribution is -0.147. The van der Waals surface area contributed by atoms with Crippen LogP contribution in [0.3, 0.4) is 0 Å². The van der Waals surface area contributed by atoms with Gasteiger partial charge in [-0.2, -0.15) is 0 Å². The highest BCUT2D eigenvalue weighted by atomic mass is 19.1. The number of esters is 1. The number of carbonyl (C=O) groups is 4. The highest BCUT2D eigenvalue weighted by Gasteiger charge is 2.34. The van der Waals surface area contributed by atoms with Gasteiger partial charge in [-0.05, 0) is 42.8 Å². The van der Waals surface area contributed by atoms with E-state index in [2.05, 4.69) is 5.32 Å². The maximum absolute atomic E-state index is 12.8. The third-order valence-electron chi connectivity index (χ3n) is 4.13. The van der Waals surface area contributed by atoms with Crippen molar-refractivity contribution in [2.24, 2.45) is 0 Å². The van der Waals surface area contributed by atoms with Crippen LogP contribution in [0, 0.1) is 5.82 Å². The van der Waals surface area contributed by atoms with Crippen LogP contribution in [-0.2, 0) is 14.3 Å². The van der Waals surface area contributed by atoms with Gasteiger partial charge in [0.25, 0.3) is 17.7 Å². The third kappa shape index (κ3) is 4.40. The first-order valence-corrected chi connectivity index (χ1v) is 8.62. The van der Waals surface area contributed by atoms with Crippen molar-refractivity contribution >= 4 is 29.4 Å². The highest BCUT2D eigenvalue weighted by molar-refractivity contribution is 6.21. The third-order valence-corrected chi connectivity index (χ3v) is 4.13. The van der Waals surface area contributed by atoms with Gasteiger partial charge in [0, 0.05) is 18.7 Å². The molecule has 144 valence electrons. The quantitative estimate of drug-likeness (QED) is 0.584. The van der Waals surface area contributed by atoms with E-state index >= 15 is 0 Å². The largest absolute Gasteiger partial charge is 0.456 e. The first-order valence-electron chi connectivity index (χ1n) is 8.62. The van der Waals surface area contributed by atoms with E-state index in [4.69, 9.17) is 4.74 Å². The molecule has 2 aromatic carbocycles. The molecular formula is C20H17FN2O5. The summed E-state index contributed by atoms with van der Waals surface area (Å²) in [4.78, 5) is 49.0. The fourth-order valence-corrected chi connectivity index (χ4v) is 2.77. The summed E-state index contributed by atoms with van der Waals surface area (Å²) in [6.45, 7) is -0.396. The molecule has 1 aliphatic rings. The lowest BCUT2D eigenvalue weighted by atomic mass is 10.1. The fraction of sp³-hybridized carbons (Fsp3) is 0.200. The summed E-state index contributed by atoms with van der Waals surface area (Å²) >= 11 is 0. The second-order valence-corrected chi connectivity index (χ2v) is 6.13. The number of hydrogen-bond acceptors (Lipinski definition) is 5. The summed E-state index contributed by atoms with van der Waals surface area (Å²) in [5.41, 5.74) is 1.09. The number of fused-ring (bicyclic) bond motifs is 1. The van der Waals surface area contributed by atoms with Gasteiger partial charge in [0.2, 0.25) is 0 Å². The Kier molecular flexibility index (Phi) is 5.78. The minimum absolute atomic E-state index is 0.0444. The average Bonchev–Trinajstić information content (AvgIpc) is 2.93. The summed E-state index contributed by atoms with van der Waals surface area (Å²) in [5, 5.41) is 2.47. The summed E-state index contributed by atoms with van der Waals surface area (Å²) in [7, 11) is 0. The number of ether oxygens (including phenoxy) is 1. The molecule has 8 heteroatoms. The number of nitrogens with zero attached hydrogens (tertiary/aromatic N) is 1.